The van der Waals surface area contributed by atoms with Crippen LogP contribution >= 0.6 is 0 Å². The number of hydrogen-bond acceptors (Lipinski definition) is 5. The van der Waals surface area contributed by atoms with Crippen LogP contribution in [0.4, 0.5) is 0 Å². The number of benzene rings is 1. The lowest BCUT2D eigenvalue weighted by Gasteiger charge is -2.35. The zero-order chi connectivity index (χ0) is 15.6. The molecule has 1 spiro atoms. The number of ether oxygens (including phenoxy) is 3. The largest absolute Gasteiger partial charge is 0.493 e. The van der Waals surface area contributed by atoms with Gasteiger partial charge in [-0.1, -0.05) is 0 Å². The second-order valence-corrected chi connectivity index (χ2v) is 6.74. The molecule has 1 aromatic rings. The summed E-state index contributed by atoms with van der Waals surface area (Å²) in [5.74, 6) is 2.25. The maximum Gasteiger partial charge on any atom is 0.231 e. The Hall–Kier alpha value is -2.01. The first kappa shape index (κ1) is 13.4. The smallest absolute Gasteiger partial charge is 0.231 e. The number of hydrogen-bond donors (Lipinski definition) is 0. The number of nitrogens with zero attached hydrogens (tertiary/aromatic N) is 1. The van der Waals surface area contributed by atoms with Gasteiger partial charge in [0.25, 0.3) is 0 Å². The van der Waals surface area contributed by atoms with Gasteiger partial charge in [-0.25, -0.2) is 0 Å². The van der Waals surface area contributed by atoms with Crippen molar-refractivity contribution in [3.8, 4) is 11.5 Å². The second kappa shape index (κ2) is 4.51. The summed E-state index contributed by atoms with van der Waals surface area (Å²) in [5.41, 5.74) is 3.23. The lowest BCUT2D eigenvalue weighted by molar-refractivity contribution is -0.118. The zero-order valence-corrected chi connectivity index (χ0v) is 13.2. The first-order valence-corrected chi connectivity index (χ1v) is 8.23. The fourth-order valence-corrected chi connectivity index (χ4v) is 4.80. The molecule has 5 rings (SSSR count). The Morgan fingerprint density at radius 1 is 1.22 bits per heavy atom. The maximum atomic E-state index is 12.6. The van der Waals surface area contributed by atoms with E-state index in [0.717, 1.165) is 55.0 Å². The number of carbonyl (C=O) groups is 1. The van der Waals surface area contributed by atoms with Crippen LogP contribution in [-0.2, 0) is 16.0 Å². The molecule has 120 valence electrons. The number of carbonyl (C=O) groups excluding carboxylic acids is 1. The van der Waals surface area contributed by atoms with Crippen molar-refractivity contribution in [1.82, 2.24) is 4.90 Å². The van der Waals surface area contributed by atoms with Crippen molar-refractivity contribution >= 4 is 11.4 Å². The van der Waals surface area contributed by atoms with Crippen molar-refractivity contribution in [2.45, 2.75) is 31.2 Å². The molecule has 1 atom stereocenters. The molecular formula is C18H19NO4. The van der Waals surface area contributed by atoms with Crippen LogP contribution in [0.1, 0.15) is 30.4 Å². The molecule has 1 aromatic carbocycles. The summed E-state index contributed by atoms with van der Waals surface area (Å²) < 4.78 is 16.7. The van der Waals surface area contributed by atoms with E-state index in [4.69, 9.17) is 14.2 Å². The Bertz CT molecular complexity index is 754. The molecule has 0 bridgehead atoms. The summed E-state index contributed by atoms with van der Waals surface area (Å²) in [6.07, 6.45) is 3.66. The van der Waals surface area contributed by atoms with Crippen molar-refractivity contribution in [2.75, 3.05) is 27.0 Å². The van der Waals surface area contributed by atoms with Crippen molar-refractivity contribution < 1.29 is 19.0 Å². The monoisotopic (exact) mass is 313 g/mol. The highest BCUT2D eigenvalue weighted by molar-refractivity contribution is 6.09. The average molecular weight is 313 g/mol. The summed E-state index contributed by atoms with van der Waals surface area (Å²) >= 11 is 0. The predicted octanol–water partition coefficient (Wildman–Crippen LogP) is 2.14. The molecule has 5 nitrogen and oxygen atoms in total. The molecule has 4 aliphatic rings. The molecule has 0 amide bonds. The fourth-order valence-electron chi connectivity index (χ4n) is 4.80. The molecule has 1 unspecified atom stereocenters. The van der Waals surface area contributed by atoms with Crippen LogP contribution in [0.15, 0.2) is 17.9 Å². The minimum absolute atomic E-state index is 0.125. The Morgan fingerprint density at radius 3 is 2.87 bits per heavy atom. The molecule has 0 radical (unpaired) electrons. The van der Waals surface area contributed by atoms with E-state index >= 15 is 0 Å². The van der Waals surface area contributed by atoms with Crippen LogP contribution in [-0.4, -0.2) is 43.2 Å². The first-order chi connectivity index (χ1) is 11.2. The van der Waals surface area contributed by atoms with E-state index in [-0.39, 0.29) is 18.1 Å². The number of ketones is 1. The lowest BCUT2D eigenvalue weighted by Crippen LogP contribution is -2.43. The highest BCUT2D eigenvalue weighted by Crippen LogP contribution is 2.53. The second-order valence-electron chi connectivity index (χ2n) is 6.74. The number of fused-ring (bicyclic) bond motifs is 3. The van der Waals surface area contributed by atoms with Gasteiger partial charge in [0.1, 0.15) is 0 Å². The van der Waals surface area contributed by atoms with E-state index in [9.17, 15) is 4.79 Å². The van der Waals surface area contributed by atoms with Crippen LogP contribution in [0.5, 0.6) is 11.5 Å². The summed E-state index contributed by atoms with van der Waals surface area (Å²) in [6, 6.07) is 4.13. The summed E-state index contributed by atoms with van der Waals surface area (Å²) in [7, 11) is 1.61. The van der Waals surface area contributed by atoms with Gasteiger partial charge in [0.05, 0.1) is 12.6 Å². The molecule has 0 aromatic heterocycles. The first-order valence-electron chi connectivity index (χ1n) is 8.23. The summed E-state index contributed by atoms with van der Waals surface area (Å²) in [5, 5.41) is 0. The maximum absolute atomic E-state index is 12.6. The molecular weight excluding hydrogens is 294 g/mol. The highest BCUT2D eigenvalue weighted by Gasteiger charge is 2.54. The number of rotatable bonds is 1. The normalized spacial score (nSPS) is 28.5. The third kappa shape index (κ3) is 1.63. The molecule has 5 heteroatoms. The predicted molar refractivity (Wildman–Crippen MR) is 83.4 cm³/mol. The average Bonchev–Trinajstić information content (AvgIpc) is 3.20. The Balaban J connectivity index is 1.79. The number of allylic oxidation sites excluding steroid dienone is 1. The number of methoxy groups -OCH3 is 1. The highest BCUT2D eigenvalue weighted by atomic mass is 16.7. The van der Waals surface area contributed by atoms with E-state index in [0.29, 0.717) is 12.2 Å². The summed E-state index contributed by atoms with van der Waals surface area (Å²) in [4.78, 5) is 15.1. The van der Waals surface area contributed by atoms with Crippen LogP contribution in [0.3, 0.4) is 0 Å². The van der Waals surface area contributed by atoms with Crippen LogP contribution in [0, 0.1) is 0 Å². The Kier molecular flexibility index (Phi) is 2.63. The van der Waals surface area contributed by atoms with Gasteiger partial charge in [-0.05, 0) is 49.1 Å². The minimum Gasteiger partial charge on any atom is -0.493 e. The summed E-state index contributed by atoms with van der Waals surface area (Å²) in [6.45, 7) is 2.29. The minimum atomic E-state index is -0.179. The Labute approximate surface area is 134 Å². The van der Waals surface area contributed by atoms with E-state index in [2.05, 4.69) is 11.0 Å². The van der Waals surface area contributed by atoms with Crippen LogP contribution in [0.25, 0.3) is 5.57 Å². The van der Waals surface area contributed by atoms with E-state index in [1.54, 1.807) is 7.11 Å². The van der Waals surface area contributed by atoms with Gasteiger partial charge in [-0.15, -0.1) is 0 Å². The van der Waals surface area contributed by atoms with Crippen LogP contribution < -0.4 is 9.47 Å². The van der Waals surface area contributed by atoms with Gasteiger partial charge < -0.3 is 14.2 Å². The van der Waals surface area contributed by atoms with Gasteiger partial charge in [0.2, 0.25) is 6.79 Å². The third-order valence-corrected chi connectivity index (χ3v) is 5.75. The van der Waals surface area contributed by atoms with Crippen molar-refractivity contribution in [1.29, 1.82) is 0 Å². The van der Waals surface area contributed by atoms with Crippen molar-refractivity contribution in [3.63, 3.8) is 0 Å². The fraction of sp³-hybridized carbons (Fsp3) is 0.500. The van der Waals surface area contributed by atoms with Crippen molar-refractivity contribution in [3.05, 3.63) is 29.0 Å². The molecule has 1 aliphatic carbocycles. The molecule has 3 heterocycles. The quantitative estimate of drug-likeness (QED) is 0.795. The zero-order valence-electron chi connectivity index (χ0n) is 13.2. The standard InChI is InChI=1S/C18H19NO4/c1-21-17-13(20)9-18-4-2-5-19(18)6-3-11-7-14-15(23-10-22-14)8-12(11)16(17)18/h7-8H,2-6,9-10H2,1H3. The molecule has 3 aliphatic heterocycles. The molecule has 23 heavy (non-hydrogen) atoms. The SMILES string of the molecule is COC1=C2c3cc4c(cc3CCN3CCCC23CC1=O)OCO4. The van der Waals surface area contributed by atoms with E-state index in [1.807, 2.05) is 6.07 Å². The Morgan fingerprint density at radius 2 is 2.04 bits per heavy atom. The van der Waals surface area contributed by atoms with E-state index < -0.39 is 0 Å². The van der Waals surface area contributed by atoms with E-state index in [1.165, 1.54) is 5.56 Å². The third-order valence-electron chi connectivity index (χ3n) is 5.75. The van der Waals surface area contributed by atoms with Gasteiger partial charge >= 0.3 is 0 Å². The van der Waals surface area contributed by atoms with Crippen molar-refractivity contribution in [2.24, 2.45) is 0 Å². The van der Waals surface area contributed by atoms with Gasteiger partial charge in [0, 0.05) is 18.5 Å². The molecule has 0 N–H and O–H groups in total. The molecule has 1 fully saturated rings. The number of Topliss-reactive ketones (excluding diaryl/α,β-unsaturated/α-hetero) is 1. The van der Waals surface area contributed by atoms with Crippen LogP contribution in [0.2, 0.25) is 0 Å². The topological polar surface area (TPSA) is 48.0 Å². The van der Waals surface area contributed by atoms with Gasteiger partial charge in [0.15, 0.2) is 23.0 Å². The van der Waals surface area contributed by atoms with Gasteiger partial charge in [-0.2, -0.15) is 0 Å². The lowest BCUT2D eigenvalue weighted by atomic mass is 9.83. The molecule has 0 saturated carbocycles. The molecule has 1 saturated heterocycles. The van der Waals surface area contributed by atoms with Gasteiger partial charge in [-0.3, -0.25) is 9.69 Å².